The van der Waals surface area contributed by atoms with Crippen LogP contribution in [0.4, 0.5) is 5.69 Å². The molecule has 0 atom stereocenters. The molecule has 0 saturated heterocycles. The molecule has 1 heterocycles. The maximum absolute atomic E-state index is 12.2. The highest BCUT2D eigenvalue weighted by molar-refractivity contribution is 6.41. The maximum Gasteiger partial charge on any atom is 0.269 e. The van der Waals surface area contributed by atoms with Crippen LogP contribution in [0.1, 0.15) is 10.4 Å². The molecule has 24 heavy (non-hydrogen) atoms. The van der Waals surface area contributed by atoms with Gasteiger partial charge in [-0.15, -0.1) is 0 Å². The lowest BCUT2D eigenvalue weighted by molar-refractivity contribution is 0.0962. The lowest BCUT2D eigenvalue weighted by Gasteiger charge is -2.12. The molecule has 3 aromatic rings. The molecule has 2 N–H and O–H groups in total. The third-order valence-corrected chi connectivity index (χ3v) is 3.94. The molecule has 9 heteroatoms. The van der Waals surface area contributed by atoms with Gasteiger partial charge in [-0.05, 0) is 36.4 Å². The van der Waals surface area contributed by atoms with E-state index < -0.39 is 0 Å². The van der Waals surface area contributed by atoms with Gasteiger partial charge in [0.25, 0.3) is 5.91 Å². The van der Waals surface area contributed by atoms with Crippen molar-refractivity contribution in [1.82, 2.24) is 20.2 Å². The first kappa shape index (κ1) is 16.6. The van der Waals surface area contributed by atoms with Gasteiger partial charge in [0.05, 0.1) is 21.4 Å². The molecular formula is C15H10Cl3N5O. The van der Waals surface area contributed by atoms with Crippen molar-refractivity contribution in [3.63, 3.8) is 0 Å². The van der Waals surface area contributed by atoms with Crippen LogP contribution in [-0.4, -0.2) is 20.7 Å². The quantitative estimate of drug-likeness (QED) is 0.669. The van der Waals surface area contributed by atoms with E-state index in [1.807, 2.05) is 0 Å². The lowest BCUT2D eigenvalue weighted by atomic mass is 10.2. The molecule has 0 aliphatic carbocycles. The highest BCUT2D eigenvalue weighted by atomic mass is 35.5. The molecular weight excluding hydrogens is 373 g/mol. The number of amides is 1. The van der Waals surface area contributed by atoms with Gasteiger partial charge in [0.2, 0.25) is 0 Å². The van der Waals surface area contributed by atoms with Gasteiger partial charge in [-0.1, -0.05) is 34.8 Å². The van der Waals surface area contributed by atoms with Crippen LogP contribution in [0.2, 0.25) is 15.1 Å². The van der Waals surface area contributed by atoms with Crippen molar-refractivity contribution < 1.29 is 4.79 Å². The van der Waals surface area contributed by atoms with Crippen LogP contribution in [-0.2, 0) is 0 Å². The fourth-order valence-corrected chi connectivity index (χ4v) is 2.87. The van der Waals surface area contributed by atoms with Crippen LogP contribution in [0.25, 0.3) is 5.69 Å². The third-order valence-electron chi connectivity index (χ3n) is 3.12. The number of anilines is 1. The number of halogens is 3. The Morgan fingerprint density at radius 1 is 1.04 bits per heavy atom. The summed E-state index contributed by atoms with van der Waals surface area (Å²) in [5, 5.41) is 5.02. The van der Waals surface area contributed by atoms with Crippen LogP contribution in [0.15, 0.2) is 49.1 Å². The smallest absolute Gasteiger partial charge is 0.269 e. The van der Waals surface area contributed by atoms with Gasteiger partial charge in [-0.3, -0.25) is 15.6 Å². The number of hydrogen-bond acceptors (Lipinski definition) is 4. The van der Waals surface area contributed by atoms with Gasteiger partial charge >= 0.3 is 0 Å². The van der Waals surface area contributed by atoms with E-state index in [-0.39, 0.29) is 5.91 Å². The predicted octanol–water partition coefficient (Wildman–Crippen LogP) is 3.98. The Kier molecular flexibility index (Phi) is 4.89. The lowest BCUT2D eigenvalue weighted by Crippen LogP contribution is -2.29. The third kappa shape index (κ3) is 3.62. The summed E-state index contributed by atoms with van der Waals surface area (Å²) in [7, 11) is 0. The summed E-state index contributed by atoms with van der Waals surface area (Å²) in [6.45, 7) is 0. The van der Waals surface area contributed by atoms with E-state index in [0.717, 1.165) is 5.69 Å². The van der Waals surface area contributed by atoms with Crippen LogP contribution in [0, 0.1) is 0 Å². The Morgan fingerprint density at radius 2 is 1.71 bits per heavy atom. The Hall–Kier alpha value is -2.28. The molecule has 2 aromatic carbocycles. The minimum absolute atomic E-state index is 0.300. The highest BCUT2D eigenvalue weighted by Gasteiger charge is 2.10. The molecule has 0 aliphatic rings. The fourth-order valence-electron chi connectivity index (χ4n) is 1.96. The van der Waals surface area contributed by atoms with Crippen molar-refractivity contribution in [1.29, 1.82) is 0 Å². The van der Waals surface area contributed by atoms with Crippen LogP contribution < -0.4 is 10.9 Å². The van der Waals surface area contributed by atoms with Crippen molar-refractivity contribution in [3.05, 3.63) is 69.7 Å². The number of aromatic nitrogens is 3. The minimum Gasteiger partial charge on any atom is -0.295 e. The zero-order chi connectivity index (χ0) is 17.1. The monoisotopic (exact) mass is 381 g/mol. The van der Waals surface area contributed by atoms with Gasteiger partial charge < -0.3 is 0 Å². The first-order valence-corrected chi connectivity index (χ1v) is 7.84. The van der Waals surface area contributed by atoms with Gasteiger partial charge in [-0.25, -0.2) is 9.67 Å². The second-order valence-corrected chi connectivity index (χ2v) is 5.96. The number of hydrogen-bond donors (Lipinski definition) is 2. The largest absolute Gasteiger partial charge is 0.295 e. The zero-order valence-corrected chi connectivity index (χ0v) is 14.3. The minimum atomic E-state index is -0.345. The summed E-state index contributed by atoms with van der Waals surface area (Å²) in [5.74, 6) is -0.345. The fraction of sp³-hybridized carbons (Fsp3) is 0. The summed E-state index contributed by atoms with van der Waals surface area (Å²) >= 11 is 17.9. The SMILES string of the molecule is O=C(NNc1c(Cl)cc(Cl)cc1Cl)c1ccc(-n2cncn2)cc1. The Labute approximate surface area is 152 Å². The molecule has 0 spiro atoms. The molecule has 0 saturated carbocycles. The first-order chi connectivity index (χ1) is 11.5. The average molecular weight is 383 g/mol. The van der Waals surface area contributed by atoms with E-state index in [4.69, 9.17) is 34.8 Å². The van der Waals surface area contributed by atoms with Gasteiger partial charge in [0.15, 0.2) is 0 Å². The standard InChI is InChI=1S/C15H10Cl3N5O/c16-10-5-12(17)14(13(18)6-10)21-22-15(24)9-1-3-11(4-2-9)23-8-19-7-20-23/h1-8,21H,(H,22,24). The molecule has 1 aromatic heterocycles. The maximum atomic E-state index is 12.2. The molecule has 0 aliphatic heterocycles. The number of carbonyl (C=O) groups is 1. The second kappa shape index (κ2) is 7.09. The van der Waals surface area contributed by atoms with E-state index in [1.54, 1.807) is 35.3 Å². The molecule has 0 bridgehead atoms. The molecule has 0 fully saturated rings. The first-order valence-electron chi connectivity index (χ1n) is 6.70. The van der Waals surface area contributed by atoms with Crippen LogP contribution in [0.3, 0.4) is 0 Å². The van der Waals surface area contributed by atoms with Gasteiger partial charge in [0, 0.05) is 10.6 Å². The van der Waals surface area contributed by atoms with Crippen LogP contribution >= 0.6 is 34.8 Å². The second-order valence-electron chi connectivity index (χ2n) is 4.71. The molecule has 6 nitrogen and oxygen atoms in total. The summed E-state index contributed by atoms with van der Waals surface area (Å²) in [4.78, 5) is 16.1. The van der Waals surface area contributed by atoms with E-state index in [1.165, 1.54) is 18.5 Å². The van der Waals surface area contributed by atoms with Crippen LogP contribution in [0.5, 0.6) is 0 Å². The highest BCUT2D eigenvalue weighted by Crippen LogP contribution is 2.33. The number of benzene rings is 2. The normalized spacial score (nSPS) is 10.5. The van der Waals surface area contributed by atoms with E-state index in [2.05, 4.69) is 20.9 Å². The van der Waals surface area contributed by atoms with Crippen molar-refractivity contribution >= 4 is 46.4 Å². The Balaban J connectivity index is 1.69. The van der Waals surface area contributed by atoms with E-state index in [9.17, 15) is 4.79 Å². The summed E-state index contributed by atoms with van der Waals surface area (Å²) in [6.07, 6.45) is 3.01. The Morgan fingerprint density at radius 3 is 2.29 bits per heavy atom. The van der Waals surface area contributed by atoms with Crippen molar-refractivity contribution in [2.24, 2.45) is 0 Å². The van der Waals surface area contributed by atoms with Crippen molar-refractivity contribution in [3.8, 4) is 5.69 Å². The number of rotatable bonds is 4. The number of carbonyl (C=O) groups excluding carboxylic acids is 1. The summed E-state index contributed by atoms with van der Waals surface area (Å²) in [5.41, 5.74) is 6.85. The average Bonchev–Trinajstić information content (AvgIpc) is 3.08. The Bertz CT molecular complexity index is 842. The molecule has 1 amide bonds. The van der Waals surface area contributed by atoms with E-state index >= 15 is 0 Å². The van der Waals surface area contributed by atoms with Crippen molar-refractivity contribution in [2.45, 2.75) is 0 Å². The topological polar surface area (TPSA) is 71.8 Å². The zero-order valence-electron chi connectivity index (χ0n) is 12.0. The number of nitrogens with zero attached hydrogens (tertiary/aromatic N) is 3. The molecule has 0 unspecified atom stereocenters. The number of nitrogens with one attached hydrogen (secondary N) is 2. The molecule has 0 radical (unpaired) electrons. The van der Waals surface area contributed by atoms with Crippen molar-refractivity contribution in [2.75, 3.05) is 5.43 Å². The van der Waals surface area contributed by atoms with Gasteiger partial charge in [0.1, 0.15) is 12.7 Å². The summed E-state index contributed by atoms with van der Waals surface area (Å²) in [6, 6.07) is 9.89. The predicted molar refractivity (Wildman–Crippen MR) is 93.9 cm³/mol. The van der Waals surface area contributed by atoms with E-state index in [0.29, 0.717) is 26.3 Å². The van der Waals surface area contributed by atoms with Gasteiger partial charge in [-0.2, -0.15) is 5.10 Å². The molecule has 122 valence electrons. The summed E-state index contributed by atoms with van der Waals surface area (Å²) < 4.78 is 1.59. The number of hydrazine groups is 1. The molecule has 3 rings (SSSR count).